The van der Waals surface area contributed by atoms with Gasteiger partial charge in [-0.15, -0.1) is 0 Å². The van der Waals surface area contributed by atoms with E-state index in [9.17, 15) is 0 Å². The normalized spacial score (nSPS) is 17.6. The lowest BCUT2D eigenvalue weighted by Crippen LogP contribution is -2.30. The Kier molecular flexibility index (Phi) is 6.62. The molecule has 258 valence electrons. The molecule has 4 aliphatic rings. The zero-order valence-corrected chi connectivity index (χ0v) is 31.0. The molecule has 1 spiro atoms. The Morgan fingerprint density at radius 3 is 1.59 bits per heavy atom. The summed E-state index contributed by atoms with van der Waals surface area (Å²) in [4.78, 5) is 2.57. The van der Waals surface area contributed by atoms with E-state index >= 15 is 0 Å². The maximum absolute atomic E-state index is 2.57. The van der Waals surface area contributed by atoms with Gasteiger partial charge in [0.2, 0.25) is 0 Å². The van der Waals surface area contributed by atoms with Gasteiger partial charge in [-0.25, -0.2) is 0 Å². The van der Waals surface area contributed by atoms with E-state index < -0.39 is 0 Å². The van der Waals surface area contributed by atoms with Gasteiger partial charge < -0.3 is 4.90 Å². The van der Waals surface area contributed by atoms with Crippen LogP contribution in [0.1, 0.15) is 60.6 Å². The third-order valence-corrected chi connectivity index (χ3v) is 12.8. The number of rotatable bonds is 4. The molecular formula is C53H41N. The second kappa shape index (κ2) is 11.4. The van der Waals surface area contributed by atoms with Crippen molar-refractivity contribution in [1.82, 2.24) is 0 Å². The van der Waals surface area contributed by atoms with Crippen molar-refractivity contribution in [1.29, 1.82) is 0 Å². The summed E-state index contributed by atoms with van der Waals surface area (Å²) in [7, 11) is 0. The van der Waals surface area contributed by atoms with Gasteiger partial charge in [-0.2, -0.15) is 0 Å². The van der Waals surface area contributed by atoms with Gasteiger partial charge in [0.1, 0.15) is 0 Å². The number of fused-ring (bicyclic) bond motifs is 12. The first-order valence-electron chi connectivity index (χ1n) is 19.4. The van der Waals surface area contributed by atoms with Crippen molar-refractivity contribution >= 4 is 16.9 Å². The van der Waals surface area contributed by atoms with Crippen LogP contribution in [0.15, 0.2) is 187 Å². The molecule has 0 bridgehead atoms. The molecule has 54 heavy (non-hydrogen) atoms. The van der Waals surface area contributed by atoms with Crippen molar-refractivity contribution in [3.05, 3.63) is 221 Å². The Morgan fingerprint density at radius 2 is 0.944 bits per heavy atom. The molecule has 0 aliphatic heterocycles. The Labute approximate surface area is 318 Å². The molecule has 1 nitrogen and oxygen atoms in total. The Bertz CT molecular complexity index is 2680. The largest absolute Gasteiger partial charge is 0.310 e. The molecule has 0 fully saturated rings. The van der Waals surface area contributed by atoms with Crippen LogP contribution in [0.5, 0.6) is 0 Å². The minimum atomic E-state index is -0.336. The number of hydrogen-bond acceptors (Lipinski definition) is 1. The van der Waals surface area contributed by atoms with E-state index in [1.54, 1.807) is 0 Å². The maximum atomic E-state index is 2.57. The van der Waals surface area contributed by atoms with Gasteiger partial charge in [0.05, 0.1) is 11.1 Å². The van der Waals surface area contributed by atoms with Crippen molar-refractivity contribution < 1.29 is 0 Å². The van der Waals surface area contributed by atoms with Crippen LogP contribution in [-0.2, 0) is 10.8 Å². The number of anilines is 2. The van der Waals surface area contributed by atoms with Crippen molar-refractivity contribution in [3.63, 3.8) is 0 Å². The molecule has 0 N–H and O–H groups in total. The second-order valence-corrected chi connectivity index (χ2v) is 16.1. The van der Waals surface area contributed by atoms with Crippen LogP contribution in [0.2, 0.25) is 0 Å². The van der Waals surface area contributed by atoms with Gasteiger partial charge in [-0.1, -0.05) is 172 Å². The molecule has 0 amide bonds. The van der Waals surface area contributed by atoms with Crippen molar-refractivity contribution in [2.45, 2.75) is 38.0 Å². The average molecular weight is 692 g/mol. The number of hydrogen-bond donors (Lipinski definition) is 0. The molecule has 0 aromatic heterocycles. The summed E-state index contributed by atoms with van der Waals surface area (Å²) in [6.07, 6.45) is 3.56. The molecule has 0 radical (unpaired) electrons. The first kappa shape index (κ1) is 31.4. The average Bonchev–Trinajstić information content (AvgIpc) is 3.77. The quantitative estimate of drug-likeness (QED) is 0.178. The first-order chi connectivity index (χ1) is 26.5. The van der Waals surface area contributed by atoms with E-state index in [1.165, 1.54) is 95.0 Å². The standard InChI is InChI=1S/C53H41N/c1-34-31-49-51(43-20-10-14-24-47(43)53(49)45-22-12-8-18-40(45)41-19-9-13-23-46(41)53)50(32-34)54(37-27-25-36(26-28-37)35-15-5-4-6-16-35)38-29-30-42-39-17-7-11-21-44(39)52(2,3)48(42)33-38/h4-30,32-34H,31H2,1-3H3/t34-/m1/s1. The monoisotopic (exact) mass is 691 g/mol. The highest BCUT2D eigenvalue weighted by Gasteiger charge is 2.54. The molecule has 0 saturated heterocycles. The molecule has 0 unspecified atom stereocenters. The molecular weight excluding hydrogens is 651 g/mol. The fourth-order valence-corrected chi connectivity index (χ4v) is 10.6. The fraction of sp³-hybridized carbons (Fsp3) is 0.132. The van der Waals surface area contributed by atoms with Crippen LogP contribution in [0.25, 0.3) is 39.0 Å². The molecule has 4 aliphatic carbocycles. The summed E-state index contributed by atoms with van der Waals surface area (Å²) in [5, 5.41) is 0. The lowest BCUT2D eigenvalue weighted by atomic mass is 9.67. The molecule has 1 atom stereocenters. The smallest absolute Gasteiger partial charge is 0.0689 e. The summed E-state index contributed by atoms with van der Waals surface area (Å²) >= 11 is 0. The minimum absolute atomic E-state index is 0.106. The Hall–Kier alpha value is -6.18. The minimum Gasteiger partial charge on any atom is -0.310 e. The summed E-state index contributed by atoms with van der Waals surface area (Å²) < 4.78 is 0. The van der Waals surface area contributed by atoms with Crippen LogP contribution < -0.4 is 4.90 Å². The van der Waals surface area contributed by atoms with Crippen LogP contribution in [0.4, 0.5) is 11.4 Å². The van der Waals surface area contributed by atoms with Gasteiger partial charge in [0, 0.05) is 22.4 Å². The SMILES string of the molecule is C[C@H]1C=C(N(c2ccc(-c3ccccc3)cc2)c2ccc3c(c2)C(C)(C)c2ccccc2-3)C2=C(C1)C1(c3ccccc32)c2ccccc2-c2ccccc21. The van der Waals surface area contributed by atoms with E-state index in [-0.39, 0.29) is 10.8 Å². The lowest BCUT2D eigenvalue weighted by Gasteiger charge is -2.37. The van der Waals surface area contributed by atoms with E-state index in [1.807, 2.05) is 0 Å². The van der Waals surface area contributed by atoms with Gasteiger partial charge in [-0.05, 0) is 109 Å². The highest BCUT2D eigenvalue weighted by molar-refractivity contribution is 6.01. The van der Waals surface area contributed by atoms with Crippen LogP contribution in [-0.4, -0.2) is 0 Å². The van der Waals surface area contributed by atoms with Crippen molar-refractivity contribution in [2.24, 2.45) is 5.92 Å². The molecule has 0 saturated carbocycles. The number of allylic oxidation sites excluding steroid dienone is 3. The molecule has 0 heterocycles. The zero-order valence-electron chi connectivity index (χ0n) is 31.0. The zero-order chi connectivity index (χ0) is 36.2. The third-order valence-electron chi connectivity index (χ3n) is 12.8. The molecule has 11 rings (SSSR count). The predicted octanol–water partition coefficient (Wildman–Crippen LogP) is 13.5. The van der Waals surface area contributed by atoms with Crippen LogP contribution in [0.3, 0.4) is 0 Å². The molecule has 7 aromatic carbocycles. The first-order valence-corrected chi connectivity index (χ1v) is 19.4. The second-order valence-electron chi connectivity index (χ2n) is 16.1. The van der Waals surface area contributed by atoms with Gasteiger partial charge in [-0.3, -0.25) is 0 Å². The number of benzene rings is 7. The van der Waals surface area contributed by atoms with Crippen molar-refractivity contribution in [3.8, 4) is 33.4 Å². The van der Waals surface area contributed by atoms with E-state index in [0.717, 1.165) is 6.42 Å². The topological polar surface area (TPSA) is 3.24 Å². The summed E-state index contributed by atoms with van der Waals surface area (Å²) in [5.74, 6) is 0.339. The highest BCUT2D eigenvalue weighted by atomic mass is 15.2. The van der Waals surface area contributed by atoms with Crippen LogP contribution in [0, 0.1) is 5.92 Å². The van der Waals surface area contributed by atoms with Crippen LogP contribution >= 0.6 is 0 Å². The third kappa shape index (κ3) is 4.16. The fourth-order valence-electron chi connectivity index (χ4n) is 10.6. The van der Waals surface area contributed by atoms with Gasteiger partial charge >= 0.3 is 0 Å². The predicted molar refractivity (Wildman–Crippen MR) is 225 cm³/mol. The van der Waals surface area contributed by atoms with E-state index in [0.29, 0.717) is 5.92 Å². The Balaban J connectivity index is 1.17. The van der Waals surface area contributed by atoms with Gasteiger partial charge in [0.15, 0.2) is 0 Å². The van der Waals surface area contributed by atoms with E-state index in [2.05, 4.69) is 202 Å². The van der Waals surface area contributed by atoms with Gasteiger partial charge in [0.25, 0.3) is 0 Å². The molecule has 1 heteroatoms. The summed E-state index contributed by atoms with van der Waals surface area (Å²) in [5.41, 5.74) is 22.3. The molecule has 7 aromatic rings. The summed E-state index contributed by atoms with van der Waals surface area (Å²) in [6.45, 7) is 7.18. The maximum Gasteiger partial charge on any atom is 0.0689 e. The van der Waals surface area contributed by atoms with E-state index in [4.69, 9.17) is 0 Å². The lowest BCUT2D eigenvalue weighted by molar-refractivity contribution is 0.625. The number of nitrogens with zero attached hydrogens (tertiary/aromatic N) is 1. The Morgan fingerprint density at radius 1 is 0.463 bits per heavy atom. The van der Waals surface area contributed by atoms with Crippen molar-refractivity contribution in [2.75, 3.05) is 4.90 Å². The summed E-state index contributed by atoms with van der Waals surface area (Å²) in [6, 6.07) is 63.7. The highest BCUT2D eigenvalue weighted by Crippen LogP contribution is 2.65.